The smallest absolute Gasteiger partial charge is 0.346 e. The molecule has 2 aromatic carbocycles. The number of ether oxygens (including phenoxy) is 4. The molecule has 11 heteroatoms. The maximum atomic E-state index is 12.7. The fourth-order valence-electron chi connectivity index (χ4n) is 5.82. The maximum absolute atomic E-state index is 12.7. The van der Waals surface area contributed by atoms with E-state index in [0.717, 1.165) is 40.4 Å². The second kappa shape index (κ2) is 8.55. The minimum Gasteiger partial charge on any atom is -0.467 e. The first kappa shape index (κ1) is 22.2. The van der Waals surface area contributed by atoms with Gasteiger partial charge in [-0.3, -0.25) is 4.90 Å². The third-order valence-corrected chi connectivity index (χ3v) is 7.46. The van der Waals surface area contributed by atoms with Crippen LogP contribution in [0.5, 0.6) is 11.5 Å². The molecule has 0 aliphatic carbocycles. The van der Waals surface area contributed by atoms with E-state index in [-0.39, 0.29) is 36.9 Å². The highest BCUT2D eigenvalue weighted by molar-refractivity contribution is 5.77. The van der Waals surface area contributed by atoms with Crippen LogP contribution in [0.1, 0.15) is 34.1 Å². The Bertz CT molecular complexity index is 1360. The van der Waals surface area contributed by atoms with E-state index in [1.165, 1.54) is 17.5 Å². The van der Waals surface area contributed by atoms with Crippen LogP contribution in [0, 0.1) is 16.7 Å². The normalized spacial score (nSPS) is 19.6. The van der Waals surface area contributed by atoms with Gasteiger partial charge in [-0.1, -0.05) is 12.1 Å². The summed E-state index contributed by atoms with van der Waals surface area (Å²) < 4.78 is 23.5. The number of hydrogen-bond donors (Lipinski definition) is 0. The zero-order chi connectivity index (χ0) is 25.0. The molecule has 37 heavy (non-hydrogen) atoms. The summed E-state index contributed by atoms with van der Waals surface area (Å²) in [5.74, 6) is 1.71. The third kappa shape index (κ3) is 3.81. The predicted octanol–water partition coefficient (Wildman–Crippen LogP) is 2.26. The monoisotopic (exact) mass is 500 g/mol. The molecule has 0 atom stereocenters. The fraction of sp³-hybridized carbons (Fsp3) is 0.385. The van der Waals surface area contributed by atoms with Gasteiger partial charge < -0.3 is 23.8 Å². The van der Waals surface area contributed by atoms with Crippen molar-refractivity contribution < 1.29 is 23.7 Å². The molecule has 0 N–H and O–H groups in total. The molecule has 11 nitrogen and oxygen atoms in total. The number of nitriles is 1. The lowest BCUT2D eigenvalue weighted by molar-refractivity contribution is -0.107. The number of hydrogen-bond acceptors (Lipinski definition) is 9. The van der Waals surface area contributed by atoms with Crippen LogP contribution in [-0.4, -0.2) is 70.4 Å². The highest BCUT2D eigenvalue weighted by atomic mass is 16.7. The first-order chi connectivity index (χ1) is 18.1. The van der Waals surface area contributed by atoms with E-state index in [2.05, 4.69) is 39.2 Å². The highest BCUT2D eigenvalue weighted by Crippen LogP contribution is 2.46. The first-order valence-corrected chi connectivity index (χ1v) is 12.1. The van der Waals surface area contributed by atoms with E-state index in [4.69, 9.17) is 24.2 Å². The lowest BCUT2D eigenvalue weighted by Gasteiger charge is -2.61. The zero-order valence-corrected chi connectivity index (χ0v) is 20.0. The number of nitrogens with zero attached hydrogens (tertiary/aromatic N) is 6. The maximum Gasteiger partial charge on any atom is 0.346 e. The van der Waals surface area contributed by atoms with E-state index in [1.54, 1.807) is 4.90 Å². The van der Waals surface area contributed by atoms with Gasteiger partial charge in [0, 0.05) is 42.7 Å². The molecule has 1 amide bonds. The van der Waals surface area contributed by atoms with Gasteiger partial charge in [0.05, 0.1) is 19.3 Å². The molecule has 0 bridgehead atoms. The molecule has 0 unspecified atom stereocenters. The lowest BCUT2D eigenvalue weighted by Crippen LogP contribution is -2.73. The molecule has 4 aliphatic heterocycles. The lowest BCUT2D eigenvalue weighted by atomic mass is 9.71. The Morgan fingerprint density at radius 1 is 0.946 bits per heavy atom. The molecule has 188 valence electrons. The topological polar surface area (TPSA) is 115 Å². The summed E-state index contributed by atoms with van der Waals surface area (Å²) in [6.45, 7) is 4.61. The van der Waals surface area contributed by atoms with Gasteiger partial charge in [0.2, 0.25) is 0 Å². The molecule has 0 radical (unpaired) electrons. The molecule has 1 aromatic heterocycles. The van der Waals surface area contributed by atoms with E-state index >= 15 is 0 Å². The van der Waals surface area contributed by atoms with Crippen molar-refractivity contribution in [1.29, 1.82) is 5.26 Å². The third-order valence-electron chi connectivity index (χ3n) is 7.46. The summed E-state index contributed by atoms with van der Waals surface area (Å²) in [5.41, 5.74) is 4.46. The van der Waals surface area contributed by atoms with Crippen LogP contribution in [-0.2, 0) is 22.7 Å². The Hall–Kier alpha value is -3.98. The van der Waals surface area contributed by atoms with Crippen LogP contribution >= 0.6 is 0 Å². The molecule has 7 rings (SSSR count). The van der Waals surface area contributed by atoms with Crippen molar-refractivity contribution in [3.63, 3.8) is 0 Å². The van der Waals surface area contributed by atoms with Gasteiger partial charge in [-0.15, -0.1) is 5.10 Å². The number of rotatable bonds is 3. The fourth-order valence-corrected chi connectivity index (χ4v) is 5.82. The van der Waals surface area contributed by atoms with Crippen molar-refractivity contribution in [2.75, 3.05) is 39.8 Å². The largest absolute Gasteiger partial charge is 0.467 e. The Kier molecular flexibility index (Phi) is 5.14. The van der Waals surface area contributed by atoms with Crippen molar-refractivity contribution in [3.05, 3.63) is 70.8 Å². The van der Waals surface area contributed by atoms with Crippen LogP contribution in [0.2, 0.25) is 0 Å². The molecule has 3 aromatic rings. The molecular weight excluding hydrogens is 476 g/mol. The minimum absolute atomic E-state index is 0.0112. The molecule has 2 fully saturated rings. The van der Waals surface area contributed by atoms with Crippen LogP contribution in [0.3, 0.4) is 0 Å². The van der Waals surface area contributed by atoms with Crippen molar-refractivity contribution in [2.45, 2.75) is 19.3 Å². The summed E-state index contributed by atoms with van der Waals surface area (Å²) in [6, 6.07) is 14.3. The van der Waals surface area contributed by atoms with Crippen molar-refractivity contribution >= 4 is 6.03 Å². The van der Waals surface area contributed by atoms with Crippen LogP contribution in [0.4, 0.5) is 4.79 Å². The number of carbonyl (C=O) groups excluding carboxylic acids is 1. The number of fused-ring (bicyclic) bond motifs is 2. The molecule has 5 heterocycles. The van der Waals surface area contributed by atoms with Gasteiger partial charge >= 0.3 is 6.03 Å². The van der Waals surface area contributed by atoms with Gasteiger partial charge in [0.25, 0.3) is 5.82 Å². The number of carbonyl (C=O) groups is 1. The Morgan fingerprint density at radius 3 is 2.14 bits per heavy atom. The SMILES string of the molecule is N#Cc1ncn(C(=O)N2CC3(C2)CN(C(c2ccc4c(c2)COCO4)c2ccc4c(c2)COCO4)C3)n1. The summed E-state index contributed by atoms with van der Waals surface area (Å²) in [4.78, 5) is 20.8. The van der Waals surface area contributed by atoms with Crippen LogP contribution in [0.15, 0.2) is 42.7 Å². The number of likely N-dealkylation sites (tertiary alicyclic amines) is 2. The van der Waals surface area contributed by atoms with Gasteiger partial charge in [-0.05, 0) is 35.4 Å². The van der Waals surface area contributed by atoms with Crippen LogP contribution < -0.4 is 9.47 Å². The van der Waals surface area contributed by atoms with Crippen molar-refractivity contribution in [3.8, 4) is 17.6 Å². The highest BCUT2D eigenvalue weighted by Gasteiger charge is 2.55. The predicted molar refractivity (Wildman–Crippen MR) is 126 cm³/mol. The quantitative estimate of drug-likeness (QED) is 0.534. The average molecular weight is 501 g/mol. The first-order valence-electron chi connectivity index (χ1n) is 12.1. The Morgan fingerprint density at radius 2 is 1.57 bits per heavy atom. The molecule has 2 saturated heterocycles. The summed E-state index contributed by atoms with van der Waals surface area (Å²) in [7, 11) is 0. The summed E-state index contributed by atoms with van der Waals surface area (Å²) in [5, 5.41) is 12.8. The summed E-state index contributed by atoms with van der Waals surface area (Å²) >= 11 is 0. The second-order valence-electron chi connectivity index (χ2n) is 10.0. The summed E-state index contributed by atoms with van der Waals surface area (Å²) in [6.07, 6.45) is 1.29. The van der Waals surface area contributed by atoms with Gasteiger partial charge in [-0.2, -0.15) is 9.94 Å². The van der Waals surface area contributed by atoms with E-state index < -0.39 is 0 Å². The van der Waals surface area contributed by atoms with Gasteiger partial charge in [-0.25, -0.2) is 9.78 Å². The zero-order valence-electron chi connectivity index (χ0n) is 20.0. The van der Waals surface area contributed by atoms with Crippen LogP contribution in [0.25, 0.3) is 0 Å². The van der Waals surface area contributed by atoms with E-state index in [9.17, 15) is 4.79 Å². The van der Waals surface area contributed by atoms with Gasteiger partial charge in [0.1, 0.15) is 23.9 Å². The molecule has 1 spiro atoms. The van der Waals surface area contributed by atoms with Crippen molar-refractivity contribution in [2.24, 2.45) is 5.41 Å². The molecule has 4 aliphatic rings. The Balaban J connectivity index is 1.12. The van der Waals surface area contributed by atoms with Gasteiger partial charge in [0.15, 0.2) is 13.6 Å². The van der Waals surface area contributed by atoms with E-state index in [1.807, 2.05) is 18.2 Å². The number of benzene rings is 2. The minimum atomic E-state index is -0.251. The average Bonchev–Trinajstić information content (AvgIpc) is 3.38. The van der Waals surface area contributed by atoms with E-state index in [0.29, 0.717) is 26.3 Å². The standard InChI is InChI=1S/C26H24N6O5/c27-7-23-28-14-32(29-23)25(33)31-12-26(13-31)10-30(11-26)24(17-1-3-21-19(5-17)8-34-15-36-21)18-2-4-22-20(6-18)9-35-16-37-22/h1-6,14,24H,8-13,15-16H2. The molecule has 0 saturated carbocycles. The van der Waals surface area contributed by atoms with Crippen molar-refractivity contribution in [1.82, 2.24) is 24.6 Å². The number of amides is 1. The Labute approximate surface area is 212 Å². The molecular formula is C26H24N6O5. The number of aromatic nitrogens is 3. The second-order valence-corrected chi connectivity index (χ2v) is 10.0.